The summed E-state index contributed by atoms with van der Waals surface area (Å²) in [5.41, 5.74) is 2.09. The number of thioether (sulfide) groups is 1. The Kier molecular flexibility index (Phi) is 11.2. The molecule has 4 aromatic carbocycles. The van der Waals surface area contributed by atoms with E-state index in [4.69, 9.17) is 23.8 Å². The largest absolute Gasteiger partial charge is 0.528 e. The number of carbonyl (C=O) groups is 2. The quantitative estimate of drug-likeness (QED) is 0.0916. The molecule has 9 heteroatoms. The van der Waals surface area contributed by atoms with Gasteiger partial charge in [-0.05, 0) is 85.7 Å². The van der Waals surface area contributed by atoms with Gasteiger partial charge in [0.25, 0.3) is 0 Å². The van der Waals surface area contributed by atoms with Gasteiger partial charge in [-0.25, -0.2) is 9.59 Å². The lowest BCUT2D eigenvalue weighted by Crippen LogP contribution is -2.45. The molecule has 1 aliphatic rings. The lowest BCUT2D eigenvalue weighted by molar-refractivity contribution is -0.179. The molecular formula is C37H41NO7S. The van der Waals surface area contributed by atoms with Gasteiger partial charge in [0.2, 0.25) is 0 Å². The molecule has 1 saturated heterocycles. The Bertz CT molecular complexity index is 1620. The van der Waals surface area contributed by atoms with Gasteiger partial charge in [-0.3, -0.25) is 0 Å². The van der Waals surface area contributed by atoms with Crippen LogP contribution < -0.4 is 4.74 Å². The number of fused-ring (bicyclic) bond motifs is 1. The van der Waals surface area contributed by atoms with Gasteiger partial charge in [0.05, 0.1) is 24.8 Å². The highest BCUT2D eigenvalue weighted by molar-refractivity contribution is 7.98. The van der Waals surface area contributed by atoms with E-state index in [-0.39, 0.29) is 31.2 Å². The first-order valence-corrected chi connectivity index (χ1v) is 16.7. The molecule has 242 valence electrons. The molecule has 2 atom stereocenters. The van der Waals surface area contributed by atoms with Crippen LogP contribution in [0.3, 0.4) is 0 Å². The number of ether oxygens (including phenoxy) is 4. The molecule has 0 bridgehead atoms. The maximum absolute atomic E-state index is 12.5. The zero-order chi connectivity index (χ0) is 32.5. The highest BCUT2D eigenvalue weighted by atomic mass is 32.2. The minimum absolute atomic E-state index is 0.0745. The van der Waals surface area contributed by atoms with Gasteiger partial charge in [0.15, 0.2) is 0 Å². The van der Waals surface area contributed by atoms with Crippen LogP contribution in [-0.4, -0.2) is 61.5 Å². The van der Waals surface area contributed by atoms with Gasteiger partial charge >= 0.3 is 12.1 Å². The van der Waals surface area contributed by atoms with Crippen molar-refractivity contribution in [1.29, 1.82) is 0 Å². The standard InChI is InChI=1S/C37H41NO7S/c1-37(2,3)44-36(40)45-38-20-19-31(33(24-38)43-25-26-13-14-27-9-5-6-10-29(27)23-26)28-15-17-30(18-16-28)41-21-22-42-35(39)32-11-7-8-12-34(32)46-4/h5-18,23,31,33H,19-22,24-25H2,1-4H3. The fourth-order valence-electron chi connectivity index (χ4n) is 5.42. The summed E-state index contributed by atoms with van der Waals surface area (Å²) in [5.74, 6) is 0.398. The van der Waals surface area contributed by atoms with Crippen molar-refractivity contribution in [3.8, 4) is 5.75 Å². The Morgan fingerprint density at radius 3 is 2.39 bits per heavy atom. The number of nitrogens with zero attached hydrogens (tertiary/aromatic N) is 1. The minimum atomic E-state index is -0.722. The van der Waals surface area contributed by atoms with Crippen LogP contribution in [0.2, 0.25) is 0 Å². The molecule has 46 heavy (non-hydrogen) atoms. The first-order chi connectivity index (χ1) is 22.2. The lowest BCUT2D eigenvalue weighted by atomic mass is 9.87. The summed E-state index contributed by atoms with van der Waals surface area (Å²) in [6, 6.07) is 29.9. The zero-order valence-electron chi connectivity index (χ0n) is 26.8. The van der Waals surface area contributed by atoms with E-state index in [1.165, 1.54) is 17.1 Å². The number of hydroxylamine groups is 2. The second-order valence-corrected chi connectivity index (χ2v) is 13.0. The van der Waals surface area contributed by atoms with Crippen LogP contribution in [0.5, 0.6) is 5.75 Å². The van der Waals surface area contributed by atoms with E-state index in [1.54, 1.807) is 11.1 Å². The van der Waals surface area contributed by atoms with E-state index in [9.17, 15) is 9.59 Å². The Hall–Kier alpha value is -4.05. The van der Waals surface area contributed by atoms with E-state index >= 15 is 0 Å². The van der Waals surface area contributed by atoms with Crippen LogP contribution in [0.15, 0.2) is 95.9 Å². The molecule has 0 saturated carbocycles. The second kappa shape index (κ2) is 15.5. The van der Waals surface area contributed by atoms with E-state index < -0.39 is 11.8 Å². The topological polar surface area (TPSA) is 83.5 Å². The Balaban J connectivity index is 1.20. The average molecular weight is 644 g/mol. The number of carbonyl (C=O) groups excluding carboxylic acids is 2. The van der Waals surface area contributed by atoms with Crippen molar-refractivity contribution in [2.45, 2.75) is 56.3 Å². The second-order valence-electron chi connectivity index (χ2n) is 12.1. The normalized spacial score (nSPS) is 17.0. The number of benzene rings is 4. The predicted molar refractivity (Wildman–Crippen MR) is 179 cm³/mol. The SMILES string of the molecule is CSc1ccccc1C(=O)OCCOc1ccc(C2CCN(OC(=O)OC(C)(C)C)CC2OCc2ccc3ccccc3c2)cc1. The van der Waals surface area contributed by atoms with Gasteiger partial charge in [0.1, 0.15) is 24.6 Å². The minimum Gasteiger partial charge on any atom is -0.490 e. The molecule has 0 spiro atoms. The number of hydrogen-bond acceptors (Lipinski definition) is 9. The molecule has 1 fully saturated rings. The van der Waals surface area contributed by atoms with Gasteiger partial charge in [-0.1, -0.05) is 60.7 Å². The molecule has 5 rings (SSSR count). The van der Waals surface area contributed by atoms with Crippen LogP contribution in [0.25, 0.3) is 10.8 Å². The number of esters is 1. The summed E-state index contributed by atoms with van der Waals surface area (Å²) in [7, 11) is 0. The summed E-state index contributed by atoms with van der Waals surface area (Å²) in [6.07, 6.45) is 1.69. The van der Waals surface area contributed by atoms with Crippen LogP contribution in [0.1, 0.15) is 54.6 Å². The van der Waals surface area contributed by atoms with Crippen molar-refractivity contribution in [2.75, 3.05) is 32.6 Å². The molecule has 1 aliphatic heterocycles. The van der Waals surface area contributed by atoms with Gasteiger partial charge < -0.3 is 23.8 Å². The molecule has 1 heterocycles. The molecule has 4 aromatic rings. The highest BCUT2D eigenvalue weighted by Crippen LogP contribution is 2.33. The summed E-state index contributed by atoms with van der Waals surface area (Å²) in [6.45, 7) is 7.18. The summed E-state index contributed by atoms with van der Waals surface area (Å²) in [4.78, 5) is 31.3. The first kappa shape index (κ1) is 33.3. The third-order valence-electron chi connectivity index (χ3n) is 7.61. The molecule has 0 radical (unpaired) electrons. The Morgan fingerprint density at radius 2 is 1.63 bits per heavy atom. The van der Waals surface area contributed by atoms with Crippen molar-refractivity contribution in [1.82, 2.24) is 5.06 Å². The number of rotatable bonds is 11. The third kappa shape index (κ3) is 9.25. The van der Waals surface area contributed by atoms with Crippen LogP contribution in [-0.2, 0) is 25.7 Å². The molecule has 2 unspecified atom stereocenters. The third-order valence-corrected chi connectivity index (χ3v) is 8.41. The number of piperidine rings is 1. The van der Waals surface area contributed by atoms with Crippen molar-refractivity contribution in [3.63, 3.8) is 0 Å². The van der Waals surface area contributed by atoms with Gasteiger partial charge in [0, 0.05) is 17.4 Å². The van der Waals surface area contributed by atoms with E-state index in [0.29, 0.717) is 31.0 Å². The summed E-state index contributed by atoms with van der Waals surface area (Å²) >= 11 is 1.51. The van der Waals surface area contributed by atoms with Crippen molar-refractivity contribution < 1.29 is 33.4 Å². The van der Waals surface area contributed by atoms with Gasteiger partial charge in [-0.2, -0.15) is 0 Å². The monoisotopic (exact) mass is 643 g/mol. The molecule has 0 aromatic heterocycles. The smallest absolute Gasteiger partial charge is 0.490 e. The maximum atomic E-state index is 12.5. The fourth-order valence-corrected chi connectivity index (χ4v) is 6.01. The maximum Gasteiger partial charge on any atom is 0.528 e. The van der Waals surface area contributed by atoms with Crippen molar-refractivity contribution >= 4 is 34.7 Å². The van der Waals surface area contributed by atoms with E-state index in [0.717, 1.165) is 27.8 Å². The summed E-state index contributed by atoms with van der Waals surface area (Å²) in [5, 5.41) is 3.97. The molecule has 0 N–H and O–H groups in total. The summed E-state index contributed by atoms with van der Waals surface area (Å²) < 4.78 is 23.2. The van der Waals surface area contributed by atoms with E-state index in [2.05, 4.69) is 30.3 Å². The average Bonchev–Trinajstić information content (AvgIpc) is 3.05. The van der Waals surface area contributed by atoms with Crippen LogP contribution in [0.4, 0.5) is 4.79 Å². The van der Waals surface area contributed by atoms with E-state index in [1.807, 2.05) is 81.6 Å². The Labute approximate surface area is 274 Å². The molecule has 0 aliphatic carbocycles. The molecule has 0 amide bonds. The van der Waals surface area contributed by atoms with Gasteiger partial charge in [-0.15, -0.1) is 16.8 Å². The predicted octanol–water partition coefficient (Wildman–Crippen LogP) is 8.04. The lowest BCUT2D eigenvalue weighted by Gasteiger charge is -2.37. The zero-order valence-corrected chi connectivity index (χ0v) is 27.6. The highest BCUT2D eigenvalue weighted by Gasteiger charge is 2.34. The van der Waals surface area contributed by atoms with Crippen molar-refractivity contribution in [3.05, 3.63) is 108 Å². The fraction of sp³-hybridized carbons (Fsp3) is 0.351. The number of hydrogen-bond donors (Lipinski definition) is 0. The Morgan fingerprint density at radius 1 is 0.891 bits per heavy atom. The molecule has 8 nitrogen and oxygen atoms in total. The van der Waals surface area contributed by atoms with Crippen LogP contribution in [0, 0.1) is 0 Å². The molecular weight excluding hydrogens is 602 g/mol. The van der Waals surface area contributed by atoms with Crippen LogP contribution >= 0.6 is 11.8 Å². The first-order valence-electron chi connectivity index (χ1n) is 15.5. The van der Waals surface area contributed by atoms with Crippen molar-refractivity contribution in [2.24, 2.45) is 0 Å².